The number of hydrogen-bond acceptors (Lipinski definition) is 7. The number of ketones is 1. The Morgan fingerprint density at radius 3 is 2.35 bits per heavy atom. The van der Waals surface area contributed by atoms with Gasteiger partial charge in [-0.2, -0.15) is 0 Å². The van der Waals surface area contributed by atoms with Crippen LogP contribution in [0.5, 0.6) is 11.5 Å². The Morgan fingerprint density at radius 2 is 1.73 bits per heavy atom. The minimum Gasteiger partial charge on any atom is -0.493 e. The quantitative estimate of drug-likeness (QED) is 0.331. The number of benzene rings is 2. The predicted octanol–water partition coefficient (Wildman–Crippen LogP) is 6.13. The summed E-state index contributed by atoms with van der Waals surface area (Å²) in [6, 6.07) is 13.9. The van der Waals surface area contributed by atoms with Crippen molar-refractivity contribution in [3.8, 4) is 11.5 Å². The standard InChI is InChI=1S/C30H35NO5S/c1-7-17(2)36-30(33)27-18(3)31-23-14-21(20-10-13-25(34-4)26(16-20)35-5)15-24(32)29(23)28(27)19-8-11-22(37-6)12-9-19/h8-13,16-17,21,28,31H,7,14-15H2,1-6H3/t17-,21+,28+/m0/s1. The van der Waals surface area contributed by atoms with Gasteiger partial charge in [0, 0.05) is 34.2 Å². The molecule has 0 fully saturated rings. The molecule has 37 heavy (non-hydrogen) atoms. The van der Waals surface area contributed by atoms with Crippen molar-refractivity contribution < 1.29 is 23.8 Å². The van der Waals surface area contributed by atoms with Gasteiger partial charge < -0.3 is 19.5 Å². The maximum Gasteiger partial charge on any atom is 0.337 e. The fourth-order valence-corrected chi connectivity index (χ4v) is 5.52. The molecule has 0 saturated heterocycles. The van der Waals surface area contributed by atoms with Crippen molar-refractivity contribution in [2.24, 2.45) is 0 Å². The van der Waals surface area contributed by atoms with E-state index in [0.29, 0.717) is 35.5 Å². The molecule has 0 bridgehead atoms. The van der Waals surface area contributed by atoms with Gasteiger partial charge in [0.15, 0.2) is 17.3 Å². The highest BCUT2D eigenvalue weighted by molar-refractivity contribution is 7.98. The zero-order valence-electron chi connectivity index (χ0n) is 22.3. The van der Waals surface area contributed by atoms with E-state index in [0.717, 1.165) is 33.8 Å². The van der Waals surface area contributed by atoms with Gasteiger partial charge in [-0.05, 0) is 74.3 Å². The second-order valence-electron chi connectivity index (χ2n) is 9.53. The fraction of sp³-hybridized carbons (Fsp3) is 0.400. The molecule has 1 N–H and O–H groups in total. The summed E-state index contributed by atoms with van der Waals surface area (Å²) in [4.78, 5) is 28.3. The van der Waals surface area contributed by atoms with Crippen LogP contribution in [0.15, 0.2) is 69.9 Å². The molecule has 7 heteroatoms. The summed E-state index contributed by atoms with van der Waals surface area (Å²) in [5.74, 6) is 0.471. The summed E-state index contributed by atoms with van der Waals surface area (Å²) in [5, 5.41) is 3.42. The van der Waals surface area contributed by atoms with Crippen LogP contribution in [0.25, 0.3) is 0 Å². The number of Topliss-reactive ketones (excluding diaryl/α,β-unsaturated/α-hetero) is 1. The minimum atomic E-state index is -0.470. The topological polar surface area (TPSA) is 73.9 Å². The third-order valence-electron chi connectivity index (χ3n) is 7.26. The molecule has 0 spiro atoms. The second-order valence-corrected chi connectivity index (χ2v) is 10.4. The average molecular weight is 522 g/mol. The Morgan fingerprint density at radius 1 is 1.05 bits per heavy atom. The number of carbonyl (C=O) groups excluding carboxylic acids is 2. The van der Waals surface area contributed by atoms with E-state index in [4.69, 9.17) is 14.2 Å². The van der Waals surface area contributed by atoms with Gasteiger partial charge in [0.05, 0.1) is 25.9 Å². The Balaban J connectivity index is 1.76. The molecule has 1 heterocycles. The smallest absolute Gasteiger partial charge is 0.337 e. The lowest BCUT2D eigenvalue weighted by Gasteiger charge is -2.37. The first kappa shape index (κ1) is 26.9. The zero-order chi connectivity index (χ0) is 26.7. The van der Waals surface area contributed by atoms with Gasteiger partial charge in [0.2, 0.25) is 0 Å². The van der Waals surface area contributed by atoms with Crippen molar-refractivity contribution >= 4 is 23.5 Å². The maximum atomic E-state index is 13.8. The lowest BCUT2D eigenvalue weighted by molar-refractivity contribution is -0.144. The van der Waals surface area contributed by atoms with Gasteiger partial charge in [0.1, 0.15) is 0 Å². The SMILES string of the molecule is CC[C@H](C)OC(=O)C1=C(C)NC2=C(C(=O)C[C@H](c3ccc(OC)c(OC)c3)C2)[C@@H]1c1ccc(SC)cc1. The molecule has 0 unspecified atom stereocenters. The van der Waals surface area contributed by atoms with E-state index in [1.54, 1.807) is 26.0 Å². The van der Waals surface area contributed by atoms with E-state index in [-0.39, 0.29) is 23.8 Å². The highest BCUT2D eigenvalue weighted by Gasteiger charge is 2.41. The number of nitrogens with one attached hydrogen (secondary N) is 1. The van der Waals surface area contributed by atoms with Crippen LogP contribution in [0.4, 0.5) is 0 Å². The molecule has 3 atom stereocenters. The van der Waals surface area contributed by atoms with E-state index >= 15 is 0 Å². The number of esters is 1. The minimum absolute atomic E-state index is 0.0144. The van der Waals surface area contributed by atoms with Gasteiger partial charge in [-0.25, -0.2) is 4.79 Å². The van der Waals surface area contributed by atoms with Crippen molar-refractivity contribution in [2.45, 2.75) is 62.9 Å². The van der Waals surface area contributed by atoms with Crippen LogP contribution in [-0.2, 0) is 14.3 Å². The van der Waals surface area contributed by atoms with Crippen molar-refractivity contribution in [3.63, 3.8) is 0 Å². The molecule has 0 saturated carbocycles. The average Bonchev–Trinajstić information content (AvgIpc) is 2.91. The molecule has 0 radical (unpaired) electrons. The molecule has 6 nitrogen and oxygen atoms in total. The highest BCUT2D eigenvalue weighted by atomic mass is 32.2. The summed E-state index contributed by atoms with van der Waals surface area (Å²) in [5.41, 5.74) is 4.70. The van der Waals surface area contributed by atoms with Crippen LogP contribution >= 0.6 is 11.8 Å². The largest absolute Gasteiger partial charge is 0.493 e. The summed E-state index contributed by atoms with van der Waals surface area (Å²) >= 11 is 1.66. The van der Waals surface area contributed by atoms with Gasteiger partial charge in [-0.1, -0.05) is 25.1 Å². The van der Waals surface area contributed by atoms with Crippen LogP contribution < -0.4 is 14.8 Å². The molecule has 2 aromatic carbocycles. The number of carbonyl (C=O) groups is 2. The fourth-order valence-electron chi connectivity index (χ4n) is 5.11. The number of allylic oxidation sites excluding steroid dienone is 3. The van der Waals surface area contributed by atoms with E-state index in [9.17, 15) is 9.59 Å². The van der Waals surface area contributed by atoms with E-state index in [1.165, 1.54) is 0 Å². The van der Waals surface area contributed by atoms with Crippen molar-refractivity contribution in [2.75, 3.05) is 20.5 Å². The first-order valence-electron chi connectivity index (χ1n) is 12.6. The predicted molar refractivity (Wildman–Crippen MR) is 146 cm³/mol. The van der Waals surface area contributed by atoms with Crippen molar-refractivity contribution in [1.82, 2.24) is 5.32 Å². The van der Waals surface area contributed by atoms with E-state index in [2.05, 4.69) is 5.32 Å². The maximum absolute atomic E-state index is 13.8. The molecule has 2 aromatic rings. The molecule has 1 aliphatic heterocycles. The highest BCUT2D eigenvalue weighted by Crippen LogP contribution is 2.46. The number of ether oxygens (including phenoxy) is 3. The van der Waals surface area contributed by atoms with Gasteiger partial charge in [0.25, 0.3) is 0 Å². The number of rotatable bonds is 8. The third-order valence-corrected chi connectivity index (χ3v) is 8.00. The summed E-state index contributed by atoms with van der Waals surface area (Å²) < 4.78 is 16.6. The van der Waals surface area contributed by atoms with Crippen molar-refractivity contribution in [1.29, 1.82) is 0 Å². The van der Waals surface area contributed by atoms with Crippen LogP contribution in [-0.4, -0.2) is 38.3 Å². The van der Waals surface area contributed by atoms with Crippen LogP contribution in [0.3, 0.4) is 0 Å². The lowest BCUT2D eigenvalue weighted by atomic mass is 9.71. The number of dihydropyridines is 1. The van der Waals surface area contributed by atoms with E-state index < -0.39 is 5.92 Å². The Labute approximate surface area is 223 Å². The number of hydrogen-bond donors (Lipinski definition) is 1. The number of thioether (sulfide) groups is 1. The zero-order valence-corrected chi connectivity index (χ0v) is 23.2. The Kier molecular flexibility index (Phi) is 8.32. The molecular weight excluding hydrogens is 486 g/mol. The molecule has 196 valence electrons. The molecule has 1 aliphatic carbocycles. The summed E-state index contributed by atoms with van der Waals surface area (Å²) in [7, 11) is 3.22. The van der Waals surface area contributed by atoms with Crippen LogP contribution in [0, 0.1) is 0 Å². The van der Waals surface area contributed by atoms with Crippen molar-refractivity contribution in [3.05, 3.63) is 76.1 Å². The normalized spacial score (nSPS) is 20.2. The summed E-state index contributed by atoms with van der Waals surface area (Å²) in [6.45, 7) is 5.76. The monoisotopic (exact) mass is 521 g/mol. The Bertz CT molecular complexity index is 1250. The second kappa shape index (κ2) is 11.5. The third kappa shape index (κ3) is 5.42. The molecular formula is C30H35NO5S. The van der Waals surface area contributed by atoms with Gasteiger partial charge >= 0.3 is 5.97 Å². The van der Waals surface area contributed by atoms with Crippen LogP contribution in [0.2, 0.25) is 0 Å². The van der Waals surface area contributed by atoms with E-state index in [1.807, 2.05) is 69.5 Å². The first-order chi connectivity index (χ1) is 17.8. The summed E-state index contributed by atoms with van der Waals surface area (Å²) in [6.07, 6.45) is 3.54. The number of methoxy groups -OCH3 is 2. The first-order valence-corrected chi connectivity index (χ1v) is 13.8. The molecule has 0 aromatic heterocycles. The Hall–Kier alpha value is -3.19. The molecule has 0 amide bonds. The molecule has 4 rings (SSSR count). The van der Waals surface area contributed by atoms with Crippen LogP contribution in [0.1, 0.15) is 63.0 Å². The molecule has 2 aliphatic rings. The van der Waals surface area contributed by atoms with Gasteiger partial charge in [-0.3, -0.25) is 4.79 Å². The lowest BCUT2D eigenvalue weighted by Crippen LogP contribution is -2.36. The van der Waals surface area contributed by atoms with Gasteiger partial charge in [-0.15, -0.1) is 11.8 Å².